The maximum Gasteiger partial charge on any atom is 0.165 e. The molecular weight excluding hydrogens is 320 g/mol. The zero-order chi connectivity index (χ0) is 17.9. The lowest BCUT2D eigenvalue weighted by atomic mass is 9.97. The Bertz CT molecular complexity index is 1030. The van der Waals surface area contributed by atoms with Crippen LogP contribution < -0.4 is 0 Å². The number of carbonyl (C=O) groups excluding carboxylic acids is 1. The van der Waals surface area contributed by atoms with Crippen molar-refractivity contribution in [3.05, 3.63) is 102 Å². The van der Waals surface area contributed by atoms with Crippen molar-refractivity contribution in [1.82, 2.24) is 9.78 Å². The van der Waals surface area contributed by atoms with Crippen molar-refractivity contribution in [2.75, 3.05) is 0 Å². The highest BCUT2D eigenvalue weighted by Gasteiger charge is 2.21. The van der Waals surface area contributed by atoms with Gasteiger partial charge in [-0.15, -0.1) is 0 Å². The van der Waals surface area contributed by atoms with Gasteiger partial charge in [-0.3, -0.25) is 9.48 Å². The number of para-hydroxylation sites is 1. The van der Waals surface area contributed by atoms with E-state index in [-0.39, 0.29) is 11.8 Å². The monoisotopic (exact) mass is 340 g/mol. The number of nitrogens with zero attached hydrogens (tertiary/aromatic N) is 2. The molecule has 0 aliphatic carbocycles. The maximum absolute atomic E-state index is 12.9. The Morgan fingerprint density at radius 1 is 0.923 bits per heavy atom. The predicted octanol–water partition coefficient (Wildman–Crippen LogP) is 5.21. The number of fused-ring (bicyclic) bond motifs is 1. The second-order valence-electron chi connectivity index (χ2n) is 6.57. The second-order valence-corrected chi connectivity index (χ2v) is 6.57. The van der Waals surface area contributed by atoms with Gasteiger partial charge in [-0.25, -0.2) is 0 Å². The van der Waals surface area contributed by atoms with Crippen LogP contribution in [0, 0.1) is 6.92 Å². The van der Waals surface area contributed by atoms with Crippen LogP contribution in [0.15, 0.2) is 85.1 Å². The minimum Gasteiger partial charge on any atom is -0.294 e. The van der Waals surface area contributed by atoms with E-state index in [4.69, 9.17) is 0 Å². The first-order chi connectivity index (χ1) is 12.7. The molecule has 0 bridgehead atoms. The Labute approximate surface area is 152 Å². The Morgan fingerprint density at radius 2 is 1.62 bits per heavy atom. The zero-order valence-electron chi connectivity index (χ0n) is 14.7. The highest BCUT2D eigenvalue weighted by atomic mass is 16.1. The van der Waals surface area contributed by atoms with Crippen LogP contribution in [0.1, 0.15) is 33.9 Å². The Balaban J connectivity index is 1.77. The topological polar surface area (TPSA) is 34.9 Å². The number of aromatic nitrogens is 2. The van der Waals surface area contributed by atoms with E-state index >= 15 is 0 Å². The van der Waals surface area contributed by atoms with Crippen LogP contribution in [0.2, 0.25) is 0 Å². The molecule has 0 aliphatic rings. The summed E-state index contributed by atoms with van der Waals surface area (Å²) in [5.41, 5.74) is 4.07. The van der Waals surface area contributed by atoms with E-state index in [9.17, 15) is 4.79 Å². The summed E-state index contributed by atoms with van der Waals surface area (Å²) >= 11 is 0. The van der Waals surface area contributed by atoms with Gasteiger partial charge in [0.2, 0.25) is 0 Å². The fourth-order valence-corrected chi connectivity index (χ4v) is 3.29. The van der Waals surface area contributed by atoms with Gasteiger partial charge in [-0.05, 0) is 18.6 Å². The van der Waals surface area contributed by atoms with Crippen molar-refractivity contribution >= 4 is 16.7 Å². The molecule has 26 heavy (non-hydrogen) atoms. The molecule has 4 rings (SSSR count). The molecule has 0 N–H and O–H groups in total. The number of hydrogen-bond acceptors (Lipinski definition) is 2. The Hall–Kier alpha value is -3.20. The van der Waals surface area contributed by atoms with Crippen LogP contribution in [-0.4, -0.2) is 15.6 Å². The van der Waals surface area contributed by atoms with Crippen LogP contribution in [0.4, 0.5) is 0 Å². The SMILES string of the molecule is Cc1ccc(C(CC(=O)c2ccccc2)n2ncc3ccccc32)cc1. The first kappa shape index (κ1) is 16.3. The van der Waals surface area contributed by atoms with E-state index in [2.05, 4.69) is 42.4 Å². The molecule has 4 aromatic rings. The van der Waals surface area contributed by atoms with Crippen molar-refractivity contribution < 1.29 is 4.79 Å². The van der Waals surface area contributed by atoms with E-state index in [0.29, 0.717) is 6.42 Å². The molecule has 0 spiro atoms. The molecule has 1 unspecified atom stereocenters. The van der Waals surface area contributed by atoms with Crippen LogP contribution in [0.5, 0.6) is 0 Å². The fraction of sp³-hybridized carbons (Fsp3) is 0.130. The van der Waals surface area contributed by atoms with Crippen LogP contribution in [0.25, 0.3) is 10.9 Å². The summed E-state index contributed by atoms with van der Waals surface area (Å²) in [6.07, 6.45) is 2.24. The summed E-state index contributed by atoms with van der Waals surface area (Å²) in [4.78, 5) is 12.9. The highest BCUT2D eigenvalue weighted by Crippen LogP contribution is 2.28. The largest absolute Gasteiger partial charge is 0.294 e. The van der Waals surface area contributed by atoms with E-state index in [1.54, 1.807) is 0 Å². The average Bonchev–Trinajstić information content (AvgIpc) is 3.11. The molecule has 0 fully saturated rings. The summed E-state index contributed by atoms with van der Waals surface area (Å²) in [6, 6.07) is 25.8. The maximum atomic E-state index is 12.9. The van der Waals surface area contributed by atoms with E-state index in [1.165, 1.54) is 5.56 Å². The smallest absolute Gasteiger partial charge is 0.165 e. The summed E-state index contributed by atoms with van der Waals surface area (Å²) in [6.45, 7) is 2.07. The van der Waals surface area contributed by atoms with Crippen molar-refractivity contribution in [1.29, 1.82) is 0 Å². The van der Waals surface area contributed by atoms with Crippen molar-refractivity contribution in [2.24, 2.45) is 0 Å². The molecule has 3 nitrogen and oxygen atoms in total. The number of rotatable bonds is 5. The first-order valence-electron chi connectivity index (χ1n) is 8.79. The third-order valence-electron chi connectivity index (χ3n) is 4.74. The highest BCUT2D eigenvalue weighted by molar-refractivity contribution is 5.96. The molecule has 0 saturated carbocycles. The zero-order valence-corrected chi connectivity index (χ0v) is 14.7. The van der Waals surface area contributed by atoms with Gasteiger partial charge in [-0.2, -0.15) is 5.10 Å². The molecule has 1 atom stereocenters. The van der Waals surface area contributed by atoms with Crippen LogP contribution in [-0.2, 0) is 0 Å². The number of ketones is 1. The van der Waals surface area contributed by atoms with Gasteiger partial charge in [-0.1, -0.05) is 78.4 Å². The molecule has 0 saturated heterocycles. The average molecular weight is 340 g/mol. The van der Waals surface area contributed by atoms with Gasteiger partial charge in [0.1, 0.15) is 0 Å². The van der Waals surface area contributed by atoms with Gasteiger partial charge in [0.15, 0.2) is 5.78 Å². The summed E-state index contributed by atoms with van der Waals surface area (Å²) in [5.74, 6) is 0.121. The third-order valence-corrected chi connectivity index (χ3v) is 4.74. The predicted molar refractivity (Wildman–Crippen MR) is 104 cm³/mol. The van der Waals surface area contributed by atoms with Crippen LogP contribution >= 0.6 is 0 Å². The van der Waals surface area contributed by atoms with Crippen LogP contribution in [0.3, 0.4) is 0 Å². The number of carbonyl (C=O) groups is 1. The van der Waals surface area contributed by atoms with Crippen molar-refractivity contribution in [3.63, 3.8) is 0 Å². The van der Waals surface area contributed by atoms with E-state index in [0.717, 1.165) is 22.0 Å². The molecular formula is C23H20N2O. The lowest BCUT2D eigenvalue weighted by Crippen LogP contribution is -2.16. The molecule has 1 heterocycles. The van der Waals surface area contributed by atoms with Gasteiger partial charge in [0, 0.05) is 17.4 Å². The lowest BCUT2D eigenvalue weighted by molar-refractivity contribution is 0.0968. The van der Waals surface area contributed by atoms with Gasteiger partial charge < -0.3 is 0 Å². The number of Topliss-reactive ketones (excluding diaryl/α,β-unsaturated/α-hetero) is 1. The summed E-state index contributed by atoms with van der Waals surface area (Å²) in [7, 11) is 0. The fourth-order valence-electron chi connectivity index (χ4n) is 3.29. The first-order valence-corrected chi connectivity index (χ1v) is 8.79. The number of aryl methyl sites for hydroxylation is 1. The molecule has 0 amide bonds. The Morgan fingerprint density at radius 3 is 2.38 bits per heavy atom. The van der Waals surface area contributed by atoms with Gasteiger partial charge in [0.05, 0.1) is 17.8 Å². The van der Waals surface area contributed by atoms with Crippen molar-refractivity contribution in [2.45, 2.75) is 19.4 Å². The molecule has 128 valence electrons. The number of hydrogen-bond donors (Lipinski definition) is 0. The molecule has 3 heteroatoms. The summed E-state index contributed by atoms with van der Waals surface area (Å²) in [5, 5.41) is 5.69. The van der Waals surface area contributed by atoms with Gasteiger partial charge in [0.25, 0.3) is 0 Å². The van der Waals surface area contributed by atoms with Gasteiger partial charge >= 0.3 is 0 Å². The normalized spacial score (nSPS) is 12.2. The molecule has 0 radical (unpaired) electrons. The van der Waals surface area contributed by atoms with E-state index in [1.807, 2.05) is 59.4 Å². The second kappa shape index (κ2) is 6.96. The quantitative estimate of drug-likeness (QED) is 0.468. The standard InChI is InChI=1S/C23H20N2O/c1-17-11-13-18(14-12-17)22(15-23(26)19-7-3-2-4-8-19)25-21-10-6-5-9-20(21)16-24-25/h2-14,16,22H,15H2,1H3. The Kier molecular flexibility index (Phi) is 4.36. The van der Waals surface area contributed by atoms with Crippen molar-refractivity contribution in [3.8, 4) is 0 Å². The summed E-state index contributed by atoms with van der Waals surface area (Å²) < 4.78 is 1.97. The molecule has 0 aliphatic heterocycles. The third kappa shape index (κ3) is 3.16. The lowest BCUT2D eigenvalue weighted by Gasteiger charge is -2.19. The number of benzene rings is 3. The minimum atomic E-state index is -0.136. The van der Waals surface area contributed by atoms with E-state index < -0.39 is 0 Å². The molecule has 1 aromatic heterocycles. The minimum absolute atomic E-state index is 0.121. The molecule has 3 aromatic carbocycles.